The van der Waals surface area contributed by atoms with E-state index in [1.165, 1.54) is 0 Å². The zero-order chi connectivity index (χ0) is 20.4. The Morgan fingerprint density at radius 2 is 1.78 bits per heavy atom. The van der Waals surface area contributed by atoms with Crippen LogP contribution >= 0.6 is 0 Å². The highest BCUT2D eigenvalue weighted by Gasteiger charge is 2.28. The fourth-order valence-corrected chi connectivity index (χ4v) is 4.41. The monoisotopic (exact) mass is 395 g/mol. The Labute approximate surface area is 156 Å². The summed E-state index contributed by atoms with van der Waals surface area (Å²) < 4.78 is 32.5. The minimum Gasteiger partial charge on any atom is -0.480 e. The van der Waals surface area contributed by atoms with Gasteiger partial charge in [-0.15, -0.1) is 0 Å². The van der Waals surface area contributed by atoms with Crippen LogP contribution in [0.3, 0.4) is 0 Å². The van der Waals surface area contributed by atoms with Crippen molar-refractivity contribution in [3.8, 4) is 0 Å². The summed E-state index contributed by atoms with van der Waals surface area (Å²) in [5.41, 5.74) is 1.89. The van der Waals surface area contributed by atoms with E-state index < -0.39 is 34.5 Å². The van der Waals surface area contributed by atoms with Crippen LogP contribution < -0.4 is 10.0 Å². The van der Waals surface area contributed by atoms with Crippen molar-refractivity contribution in [1.82, 2.24) is 15.0 Å². The molecule has 0 aliphatic rings. The number of sulfonamides is 1. The van der Waals surface area contributed by atoms with Gasteiger partial charge in [-0.05, 0) is 31.9 Å². The van der Waals surface area contributed by atoms with Gasteiger partial charge in [-0.3, -0.25) is 9.59 Å². The molecule has 0 aliphatic carbocycles. The Morgan fingerprint density at radius 3 is 2.26 bits per heavy atom. The highest BCUT2D eigenvalue weighted by atomic mass is 32.2. The summed E-state index contributed by atoms with van der Waals surface area (Å²) in [6, 6.07) is 1.85. The molecule has 9 nitrogen and oxygen atoms in total. The maximum Gasteiger partial charge on any atom is 0.323 e. The van der Waals surface area contributed by atoms with Gasteiger partial charge in [-0.2, -0.15) is 4.72 Å². The standard InChI is InChI=1S/C17H21N3O6S/c1-9-5-10(2)15(11(3)6-9)27(24,25)20-13(17(22)23)7-18-16(21)14-8-26-12(4)19-14/h5-6,8,13,20H,7H2,1-4H3,(H,18,21)(H,22,23)/t13-/m1/s1. The van der Waals surface area contributed by atoms with Gasteiger partial charge in [-0.1, -0.05) is 17.7 Å². The molecule has 0 spiro atoms. The van der Waals surface area contributed by atoms with Crippen molar-refractivity contribution < 1.29 is 27.5 Å². The van der Waals surface area contributed by atoms with Crippen LogP contribution in [0.2, 0.25) is 0 Å². The molecule has 146 valence electrons. The number of hydrogen-bond acceptors (Lipinski definition) is 6. The number of carboxylic acid groups (broad SMARTS) is 1. The average Bonchev–Trinajstić information content (AvgIpc) is 2.96. The molecular weight excluding hydrogens is 374 g/mol. The van der Waals surface area contributed by atoms with Gasteiger partial charge in [0.2, 0.25) is 10.0 Å². The Bertz CT molecular complexity index is 957. The predicted molar refractivity (Wildman–Crippen MR) is 96.0 cm³/mol. The van der Waals surface area contributed by atoms with Crippen LogP contribution in [0.5, 0.6) is 0 Å². The molecule has 0 bridgehead atoms. The number of carbonyl (C=O) groups is 2. The third-order valence-electron chi connectivity index (χ3n) is 3.79. The smallest absolute Gasteiger partial charge is 0.323 e. The predicted octanol–water partition coefficient (Wildman–Crippen LogP) is 1.07. The number of carboxylic acids is 1. The molecule has 0 fully saturated rings. The molecule has 10 heteroatoms. The van der Waals surface area contributed by atoms with E-state index >= 15 is 0 Å². The SMILES string of the molecule is Cc1cc(C)c(S(=O)(=O)N[C@H](CNC(=O)c2coc(C)n2)C(=O)O)c(C)c1. The van der Waals surface area contributed by atoms with E-state index in [1.807, 2.05) is 6.92 Å². The highest BCUT2D eigenvalue weighted by Crippen LogP contribution is 2.21. The van der Waals surface area contributed by atoms with Crippen LogP contribution in [0.1, 0.15) is 33.1 Å². The van der Waals surface area contributed by atoms with Gasteiger partial charge in [-0.25, -0.2) is 13.4 Å². The van der Waals surface area contributed by atoms with Crippen molar-refractivity contribution >= 4 is 21.9 Å². The summed E-state index contributed by atoms with van der Waals surface area (Å²) in [5, 5.41) is 11.7. The second-order valence-electron chi connectivity index (χ2n) is 6.20. The number of aryl methyl sites for hydroxylation is 4. The molecule has 1 atom stereocenters. The summed E-state index contributed by atoms with van der Waals surface area (Å²) in [6.45, 7) is 6.21. The molecule has 1 aromatic heterocycles. The highest BCUT2D eigenvalue weighted by molar-refractivity contribution is 7.89. The molecule has 1 heterocycles. The Balaban J connectivity index is 2.18. The summed E-state index contributed by atoms with van der Waals surface area (Å²) in [6.07, 6.45) is 1.13. The van der Waals surface area contributed by atoms with E-state index in [1.54, 1.807) is 32.9 Å². The lowest BCUT2D eigenvalue weighted by Crippen LogP contribution is -2.48. The number of carbonyl (C=O) groups excluding carboxylic acids is 1. The molecule has 1 aromatic carbocycles. The van der Waals surface area contributed by atoms with Crippen molar-refractivity contribution in [3.05, 3.63) is 46.7 Å². The lowest BCUT2D eigenvalue weighted by Gasteiger charge is -2.18. The number of amides is 1. The topological polar surface area (TPSA) is 139 Å². The lowest BCUT2D eigenvalue weighted by atomic mass is 10.1. The third kappa shape index (κ3) is 4.92. The van der Waals surface area contributed by atoms with Gasteiger partial charge in [0.05, 0.1) is 4.90 Å². The van der Waals surface area contributed by atoms with Gasteiger partial charge >= 0.3 is 5.97 Å². The molecule has 0 radical (unpaired) electrons. The van der Waals surface area contributed by atoms with Crippen LogP contribution in [0.25, 0.3) is 0 Å². The van der Waals surface area contributed by atoms with E-state index in [-0.39, 0.29) is 16.5 Å². The molecule has 0 saturated carbocycles. The molecule has 0 unspecified atom stereocenters. The van der Waals surface area contributed by atoms with E-state index in [0.29, 0.717) is 11.1 Å². The zero-order valence-electron chi connectivity index (χ0n) is 15.4. The molecule has 2 aromatic rings. The van der Waals surface area contributed by atoms with Crippen molar-refractivity contribution in [2.75, 3.05) is 6.54 Å². The molecule has 1 amide bonds. The van der Waals surface area contributed by atoms with Gasteiger partial charge in [0, 0.05) is 13.5 Å². The molecular formula is C17H21N3O6S. The fraction of sp³-hybridized carbons (Fsp3) is 0.353. The van der Waals surface area contributed by atoms with Gasteiger partial charge in [0.15, 0.2) is 11.6 Å². The van der Waals surface area contributed by atoms with Crippen molar-refractivity contribution in [2.24, 2.45) is 0 Å². The summed E-state index contributed by atoms with van der Waals surface area (Å²) >= 11 is 0. The number of nitrogens with zero attached hydrogens (tertiary/aromatic N) is 1. The van der Waals surface area contributed by atoms with Gasteiger partial charge in [0.25, 0.3) is 5.91 Å². The zero-order valence-corrected chi connectivity index (χ0v) is 16.2. The Morgan fingerprint density at radius 1 is 1.19 bits per heavy atom. The summed E-state index contributed by atoms with van der Waals surface area (Å²) in [4.78, 5) is 27.3. The first kappa shape index (κ1) is 20.6. The maximum absolute atomic E-state index is 12.7. The molecule has 0 saturated heterocycles. The van der Waals surface area contributed by atoms with Crippen molar-refractivity contribution in [1.29, 1.82) is 0 Å². The Hall–Kier alpha value is -2.72. The van der Waals surface area contributed by atoms with Crippen molar-refractivity contribution in [2.45, 2.75) is 38.6 Å². The quantitative estimate of drug-likeness (QED) is 0.637. The number of nitrogens with one attached hydrogen (secondary N) is 2. The first-order valence-electron chi connectivity index (χ1n) is 8.04. The second kappa shape index (κ2) is 7.89. The summed E-state index contributed by atoms with van der Waals surface area (Å²) in [7, 11) is -4.11. The van der Waals surface area contributed by atoms with Crippen LogP contribution in [-0.4, -0.2) is 43.0 Å². The second-order valence-corrected chi connectivity index (χ2v) is 7.85. The molecule has 3 N–H and O–H groups in total. The van der Waals surface area contributed by atoms with E-state index in [4.69, 9.17) is 4.42 Å². The van der Waals surface area contributed by atoms with Crippen molar-refractivity contribution in [3.63, 3.8) is 0 Å². The number of hydrogen-bond donors (Lipinski definition) is 3. The number of aliphatic carboxylic acids is 1. The normalized spacial score (nSPS) is 12.6. The minimum atomic E-state index is -4.11. The molecule has 27 heavy (non-hydrogen) atoms. The van der Waals surface area contributed by atoms with Gasteiger partial charge in [0.1, 0.15) is 12.3 Å². The molecule has 2 rings (SSSR count). The first-order chi connectivity index (χ1) is 12.5. The summed E-state index contributed by atoms with van der Waals surface area (Å²) in [5.74, 6) is -1.81. The minimum absolute atomic E-state index is 0.0234. The number of aromatic nitrogens is 1. The first-order valence-corrected chi connectivity index (χ1v) is 9.53. The number of rotatable bonds is 7. The third-order valence-corrected chi connectivity index (χ3v) is 5.56. The average molecular weight is 395 g/mol. The fourth-order valence-electron chi connectivity index (χ4n) is 2.77. The van der Waals surface area contributed by atoms with Crippen LogP contribution in [0.4, 0.5) is 0 Å². The number of oxazole rings is 1. The Kier molecular flexibility index (Phi) is 6.01. The molecule has 0 aliphatic heterocycles. The van der Waals surface area contributed by atoms with Gasteiger partial charge < -0.3 is 14.8 Å². The van der Waals surface area contributed by atoms with Crippen LogP contribution in [0, 0.1) is 27.7 Å². The van der Waals surface area contributed by atoms with E-state index in [9.17, 15) is 23.1 Å². The number of benzene rings is 1. The van der Waals surface area contributed by atoms with Crippen LogP contribution in [0.15, 0.2) is 27.7 Å². The van der Waals surface area contributed by atoms with Crippen LogP contribution in [-0.2, 0) is 14.8 Å². The largest absolute Gasteiger partial charge is 0.480 e. The maximum atomic E-state index is 12.7. The van der Waals surface area contributed by atoms with E-state index in [2.05, 4.69) is 15.0 Å². The lowest BCUT2D eigenvalue weighted by molar-refractivity contribution is -0.138. The van der Waals surface area contributed by atoms with E-state index in [0.717, 1.165) is 11.8 Å².